The molecular formula is C20H24N4O2S2. The number of nitrogens with one attached hydrogen (secondary N) is 2. The molecule has 0 fully saturated rings. The molecule has 2 N–H and O–H groups in total. The second-order valence-corrected chi connectivity index (χ2v) is 8.11. The van der Waals surface area contributed by atoms with E-state index in [4.69, 9.17) is 17.0 Å². The fourth-order valence-electron chi connectivity index (χ4n) is 2.79. The van der Waals surface area contributed by atoms with Gasteiger partial charge in [-0.05, 0) is 55.6 Å². The van der Waals surface area contributed by atoms with Crippen LogP contribution >= 0.6 is 23.6 Å². The van der Waals surface area contributed by atoms with Crippen molar-refractivity contribution in [3.05, 3.63) is 57.7 Å². The summed E-state index contributed by atoms with van der Waals surface area (Å²) in [5.74, 6) is 0.564. The highest BCUT2D eigenvalue weighted by molar-refractivity contribution is 7.71. The molecule has 0 spiro atoms. The number of rotatable bonds is 8. The molecule has 1 amide bonds. The fraction of sp³-hybridized carbons (Fsp3) is 0.350. The highest BCUT2D eigenvalue weighted by Gasteiger charge is 2.21. The van der Waals surface area contributed by atoms with Crippen molar-refractivity contribution in [1.29, 1.82) is 0 Å². The predicted octanol–water partition coefficient (Wildman–Crippen LogP) is 4.47. The van der Waals surface area contributed by atoms with E-state index in [1.165, 1.54) is 0 Å². The maximum absolute atomic E-state index is 12.7. The summed E-state index contributed by atoms with van der Waals surface area (Å²) in [6.45, 7) is 6.85. The third-order valence-corrected chi connectivity index (χ3v) is 5.41. The Morgan fingerprint density at radius 3 is 2.79 bits per heavy atom. The molecule has 0 saturated carbocycles. The number of carbonyl (C=O) groups is 1. The van der Waals surface area contributed by atoms with Gasteiger partial charge in [-0.15, -0.1) is 11.3 Å². The lowest BCUT2D eigenvalue weighted by Gasteiger charge is -2.15. The number of hydrogen-bond acceptors (Lipinski definition) is 5. The first-order chi connectivity index (χ1) is 13.5. The Kier molecular flexibility index (Phi) is 6.77. The molecule has 3 rings (SSSR count). The summed E-state index contributed by atoms with van der Waals surface area (Å²) < 4.78 is 7.83. The Balaban J connectivity index is 1.67. The standard InChI is InChI=1S/C20H24N4O2S2/c1-13(2)26-12-16-7-4-6-15(10-16)11-21-19(25)14(3)24-18(22-23-20(24)27)17-8-5-9-28-17/h4-10,13-14H,11-12H2,1-3H3,(H,21,25)(H,23,27). The molecule has 0 bridgehead atoms. The number of aromatic nitrogens is 3. The van der Waals surface area contributed by atoms with Gasteiger partial charge in [-0.3, -0.25) is 14.5 Å². The van der Waals surface area contributed by atoms with Crippen LogP contribution in [0.3, 0.4) is 0 Å². The third-order valence-electron chi connectivity index (χ3n) is 4.25. The highest BCUT2D eigenvalue weighted by atomic mass is 32.1. The monoisotopic (exact) mass is 416 g/mol. The molecule has 8 heteroatoms. The van der Waals surface area contributed by atoms with Crippen LogP contribution in [0.25, 0.3) is 10.7 Å². The van der Waals surface area contributed by atoms with E-state index in [0.29, 0.717) is 23.7 Å². The van der Waals surface area contributed by atoms with Crippen LogP contribution in [0, 0.1) is 4.77 Å². The maximum Gasteiger partial charge on any atom is 0.243 e. The summed E-state index contributed by atoms with van der Waals surface area (Å²) in [6.07, 6.45) is 0.182. The molecule has 0 radical (unpaired) electrons. The molecule has 0 saturated heterocycles. The Hall–Kier alpha value is -2.29. The minimum Gasteiger partial charge on any atom is -0.374 e. The van der Waals surface area contributed by atoms with E-state index in [2.05, 4.69) is 15.5 Å². The number of hydrogen-bond donors (Lipinski definition) is 2. The van der Waals surface area contributed by atoms with Gasteiger partial charge in [-0.2, -0.15) is 5.10 Å². The van der Waals surface area contributed by atoms with Gasteiger partial charge in [0.25, 0.3) is 0 Å². The van der Waals surface area contributed by atoms with Crippen molar-refractivity contribution in [2.24, 2.45) is 0 Å². The molecular weight excluding hydrogens is 392 g/mol. The van der Waals surface area contributed by atoms with Crippen LogP contribution in [-0.4, -0.2) is 26.8 Å². The summed E-state index contributed by atoms with van der Waals surface area (Å²) >= 11 is 6.90. The lowest BCUT2D eigenvalue weighted by molar-refractivity contribution is -0.124. The van der Waals surface area contributed by atoms with Gasteiger partial charge in [0.15, 0.2) is 10.6 Å². The Morgan fingerprint density at radius 2 is 2.07 bits per heavy atom. The predicted molar refractivity (Wildman–Crippen MR) is 114 cm³/mol. The molecule has 2 aromatic heterocycles. The molecule has 2 heterocycles. The number of amides is 1. The number of H-pyrrole nitrogens is 1. The fourth-order valence-corrected chi connectivity index (χ4v) is 3.79. The second kappa shape index (κ2) is 9.27. The molecule has 28 heavy (non-hydrogen) atoms. The van der Waals surface area contributed by atoms with E-state index in [-0.39, 0.29) is 12.0 Å². The Labute approximate surface area is 173 Å². The van der Waals surface area contributed by atoms with E-state index in [1.54, 1.807) is 15.9 Å². The molecule has 6 nitrogen and oxygen atoms in total. The minimum absolute atomic E-state index is 0.112. The smallest absolute Gasteiger partial charge is 0.243 e. The number of carbonyl (C=O) groups excluding carboxylic acids is 1. The van der Waals surface area contributed by atoms with Gasteiger partial charge in [0.2, 0.25) is 5.91 Å². The van der Waals surface area contributed by atoms with Crippen LogP contribution in [0.15, 0.2) is 41.8 Å². The molecule has 0 aliphatic rings. The SMILES string of the molecule is CC(C)OCc1cccc(CNC(=O)C(C)n2c(-c3cccs3)n[nH]c2=S)c1. The first-order valence-electron chi connectivity index (χ1n) is 9.13. The minimum atomic E-state index is -0.476. The lowest BCUT2D eigenvalue weighted by atomic mass is 10.1. The van der Waals surface area contributed by atoms with E-state index in [0.717, 1.165) is 16.0 Å². The Morgan fingerprint density at radius 1 is 1.29 bits per heavy atom. The van der Waals surface area contributed by atoms with Crippen molar-refractivity contribution in [2.45, 2.75) is 46.1 Å². The lowest BCUT2D eigenvalue weighted by Crippen LogP contribution is -2.31. The molecule has 1 aromatic carbocycles. The van der Waals surface area contributed by atoms with E-state index < -0.39 is 6.04 Å². The first-order valence-corrected chi connectivity index (χ1v) is 10.4. The van der Waals surface area contributed by atoms with Crippen molar-refractivity contribution in [3.8, 4) is 10.7 Å². The quantitative estimate of drug-likeness (QED) is 0.532. The van der Waals surface area contributed by atoms with Gasteiger partial charge in [0, 0.05) is 6.54 Å². The van der Waals surface area contributed by atoms with Gasteiger partial charge in [0.1, 0.15) is 6.04 Å². The van der Waals surface area contributed by atoms with Gasteiger partial charge < -0.3 is 10.1 Å². The zero-order chi connectivity index (χ0) is 20.1. The molecule has 1 atom stereocenters. The van der Waals surface area contributed by atoms with Crippen LogP contribution in [0.2, 0.25) is 0 Å². The maximum atomic E-state index is 12.7. The van der Waals surface area contributed by atoms with Gasteiger partial charge in [0.05, 0.1) is 17.6 Å². The highest BCUT2D eigenvalue weighted by Crippen LogP contribution is 2.25. The van der Waals surface area contributed by atoms with Crippen LogP contribution in [0.4, 0.5) is 0 Å². The zero-order valence-electron chi connectivity index (χ0n) is 16.1. The number of aromatic amines is 1. The third kappa shape index (κ3) is 4.95. The summed E-state index contributed by atoms with van der Waals surface area (Å²) in [5.41, 5.74) is 2.12. The first kappa shape index (κ1) is 20.4. The van der Waals surface area contributed by atoms with Crippen molar-refractivity contribution < 1.29 is 9.53 Å². The summed E-state index contributed by atoms with van der Waals surface area (Å²) in [5, 5.41) is 12.0. The van der Waals surface area contributed by atoms with E-state index in [1.807, 2.05) is 62.5 Å². The van der Waals surface area contributed by atoms with Crippen LogP contribution in [0.1, 0.15) is 37.9 Å². The average molecular weight is 417 g/mol. The van der Waals surface area contributed by atoms with Crippen molar-refractivity contribution in [1.82, 2.24) is 20.1 Å². The average Bonchev–Trinajstić information content (AvgIpc) is 3.33. The number of benzene rings is 1. The largest absolute Gasteiger partial charge is 0.374 e. The van der Waals surface area contributed by atoms with Gasteiger partial charge >= 0.3 is 0 Å². The molecule has 148 valence electrons. The molecule has 0 aliphatic heterocycles. The van der Waals surface area contributed by atoms with Crippen LogP contribution < -0.4 is 5.32 Å². The number of thiophene rings is 1. The van der Waals surface area contributed by atoms with Gasteiger partial charge in [-0.1, -0.05) is 30.3 Å². The number of ether oxygens (including phenoxy) is 1. The van der Waals surface area contributed by atoms with Crippen molar-refractivity contribution in [3.63, 3.8) is 0 Å². The normalized spacial score (nSPS) is 12.3. The molecule has 1 unspecified atom stereocenters. The summed E-state index contributed by atoms with van der Waals surface area (Å²) in [4.78, 5) is 13.7. The summed E-state index contributed by atoms with van der Waals surface area (Å²) in [6, 6.07) is 11.5. The zero-order valence-corrected chi connectivity index (χ0v) is 17.8. The molecule has 0 aliphatic carbocycles. The van der Waals surface area contributed by atoms with E-state index >= 15 is 0 Å². The van der Waals surface area contributed by atoms with Crippen molar-refractivity contribution in [2.75, 3.05) is 0 Å². The number of nitrogens with zero attached hydrogens (tertiary/aromatic N) is 2. The molecule has 3 aromatic rings. The van der Waals surface area contributed by atoms with Crippen LogP contribution in [0.5, 0.6) is 0 Å². The summed E-state index contributed by atoms with van der Waals surface area (Å²) in [7, 11) is 0. The topological polar surface area (TPSA) is 71.9 Å². The van der Waals surface area contributed by atoms with Crippen molar-refractivity contribution >= 4 is 29.5 Å². The second-order valence-electron chi connectivity index (χ2n) is 6.77. The van der Waals surface area contributed by atoms with Crippen LogP contribution in [-0.2, 0) is 22.7 Å². The van der Waals surface area contributed by atoms with E-state index in [9.17, 15) is 4.79 Å². The Bertz CT molecular complexity index is 976. The van der Waals surface area contributed by atoms with Gasteiger partial charge in [-0.25, -0.2) is 0 Å².